The molecule has 6 nitrogen and oxygen atoms in total. The van der Waals surface area contributed by atoms with Gasteiger partial charge in [0.15, 0.2) is 5.84 Å². The summed E-state index contributed by atoms with van der Waals surface area (Å²) in [5, 5.41) is 11.0. The summed E-state index contributed by atoms with van der Waals surface area (Å²) >= 11 is 0. The van der Waals surface area contributed by atoms with Gasteiger partial charge in [0.25, 0.3) is 0 Å². The topological polar surface area (TPSA) is 84.3 Å². The van der Waals surface area contributed by atoms with E-state index in [1.807, 2.05) is 24.3 Å². The van der Waals surface area contributed by atoms with Gasteiger partial charge in [-0.2, -0.15) is 0 Å². The van der Waals surface area contributed by atoms with Crippen LogP contribution in [0.25, 0.3) is 0 Å². The number of aromatic amines is 1. The van der Waals surface area contributed by atoms with Gasteiger partial charge in [-0.05, 0) is 54.3 Å². The average Bonchev–Trinajstić information content (AvgIpc) is 3.51. The minimum atomic E-state index is -0.527. The summed E-state index contributed by atoms with van der Waals surface area (Å²) in [5.41, 5.74) is 4.36. The average molecular weight is 417 g/mol. The van der Waals surface area contributed by atoms with Crippen molar-refractivity contribution in [1.82, 2.24) is 9.88 Å². The second kappa shape index (κ2) is 7.50. The molecule has 2 bridgehead atoms. The molecule has 31 heavy (non-hydrogen) atoms. The van der Waals surface area contributed by atoms with Crippen LogP contribution in [0.1, 0.15) is 47.8 Å². The van der Waals surface area contributed by atoms with Crippen LogP contribution in [-0.2, 0) is 0 Å². The minimum Gasteiger partial charge on any atom is -0.360 e. The van der Waals surface area contributed by atoms with E-state index in [2.05, 4.69) is 27.4 Å². The Labute approximate surface area is 180 Å². The second-order valence-electron chi connectivity index (χ2n) is 8.04. The quantitative estimate of drug-likeness (QED) is 0.396. The van der Waals surface area contributed by atoms with Crippen molar-refractivity contribution >= 4 is 23.8 Å². The van der Waals surface area contributed by atoms with E-state index in [0.29, 0.717) is 23.6 Å². The third-order valence-corrected chi connectivity index (χ3v) is 6.12. The van der Waals surface area contributed by atoms with Gasteiger partial charge < -0.3 is 15.2 Å². The predicted molar refractivity (Wildman–Crippen MR) is 121 cm³/mol. The van der Waals surface area contributed by atoms with Gasteiger partial charge in [-0.3, -0.25) is 5.41 Å². The Balaban J connectivity index is 0.00000245. The van der Waals surface area contributed by atoms with Gasteiger partial charge in [-0.15, -0.1) is 0 Å². The number of carbonyl (C=O) groups excluding carboxylic acids is 1. The number of benzene rings is 2. The first-order chi connectivity index (χ1) is 15.0. The van der Waals surface area contributed by atoms with E-state index in [4.69, 9.17) is 5.41 Å². The Morgan fingerprint density at radius 2 is 2.10 bits per heavy atom. The molecule has 2 aromatic carbocycles. The van der Waals surface area contributed by atoms with Crippen LogP contribution < -0.4 is 5.32 Å². The number of hydrogen-bond donors (Lipinski definition) is 3. The molecule has 2 heterocycles. The van der Waals surface area contributed by atoms with E-state index < -0.39 is 5.82 Å². The number of likely N-dealkylation sites (tertiary alicyclic amines) is 1. The molecule has 2 aliphatic rings. The van der Waals surface area contributed by atoms with Crippen LogP contribution in [0.15, 0.2) is 59.7 Å². The van der Waals surface area contributed by atoms with Crippen molar-refractivity contribution < 1.29 is 10.6 Å². The van der Waals surface area contributed by atoms with Crippen LogP contribution in [-0.4, -0.2) is 34.5 Å². The minimum absolute atomic E-state index is 0. The van der Waals surface area contributed by atoms with E-state index >= 15 is 0 Å². The molecule has 0 radical (unpaired) electrons. The molecule has 1 aliphatic carbocycles. The molecule has 1 fully saturated rings. The highest BCUT2D eigenvalue weighted by Crippen LogP contribution is 2.50. The molecule has 2 unspecified atom stereocenters. The van der Waals surface area contributed by atoms with E-state index in [9.17, 15) is 9.18 Å². The Morgan fingerprint density at radius 1 is 1.29 bits per heavy atom. The number of aryl methyl sites for hydroxylation is 1. The molecule has 0 spiro atoms. The van der Waals surface area contributed by atoms with E-state index in [0.717, 1.165) is 12.1 Å². The maximum Gasteiger partial charge on any atom is 0.322 e. The van der Waals surface area contributed by atoms with Crippen LogP contribution in [0.2, 0.25) is 0 Å². The number of halogens is 1. The number of aliphatic imine (C=N–C) groups is 1. The molecule has 158 valence electrons. The molecule has 1 aliphatic heterocycles. The number of carbonyl (C=O) groups is 1. The van der Waals surface area contributed by atoms with Gasteiger partial charge in [-0.1, -0.05) is 24.3 Å². The van der Waals surface area contributed by atoms with Gasteiger partial charge in [0.05, 0.1) is 23.6 Å². The lowest BCUT2D eigenvalue weighted by molar-refractivity contribution is 0.204. The summed E-state index contributed by atoms with van der Waals surface area (Å²) in [6, 6.07) is 14.4. The fourth-order valence-corrected chi connectivity index (χ4v) is 4.61. The largest absolute Gasteiger partial charge is 0.360 e. The van der Waals surface area contributed by atoms with Crippen molar-refractivity contribution in [3.8, 4) is 0 Å². The molecule has 2 amide bonds. The molecule has 1 aromatic heterocycles. The van der Waals surface area contributed by atoms with Crippen LogP contribution in [0.3, 0.4) is 0 Å². The molecule has 3 aromatic rings. The van der Waals surface area contributed by atoms with Crippen molar-refractivity contribution in [3.05, 3.63) is 88.5 Å². The number of urea groups is 1. The highest BCUT2D eigenvalue weighted by Gasteiger charge is 2.44. The van der Waals surface area contributed by atoms with Crippen molar-refractivity contribution in [2.75, 3.05) is 11.9 Å². The summed E-state index contributed by atoms with van der Waals surface area (Å²) in [5.74, 6) is -0.196. The number of hydrogen-bond acceptors (Lipinski definition) is 2. The number of nitrogens with zero attached hydrogens (tertiary/aromatic N) is 2. The van der Waals surface area contributed by atoms with Crippen molar-refractivity contribution in [2.24, 2.45) is 4.99 Å². The van der Waals surface area contributed by atoms with Crippen LogP contribution in [0, 0.1) is 18.2 Å². The smallest absolute Gasteiger partial charge is 0.322 e. The number of rotatable bonds is 3. The summed E-state index contributed by atoms with van der Waals surface area (Å²) in [4.78, 5) is 21.9. The normalized spacial score (nSPS) is 19.1. The Bertz CT molecular complexity index is 1210. The summed E-state index contributed by atoms with van der Waals surface area (Å²) in [6.07, 6.45) is 4.22. The third kappa shape index (κ3) is 3.42. The lowest BCUT2D eigenvalue weighted by Gasteiger charge is -2.29. The second-order valence-corrected chi connectivity index (χ2v) is 8.04. The van der Waals surface area contributed by atoms with Crippen molar-refractivity contribution in [2.45, 2.75) is 25.3 Å². The van der Waals surface area contributed by atoms with Gasteiger partial charge in [0.1, 0.15) is 5.82 Å². The molecule has 2 atom stereocenters. The first-order valence-corrected chi connectivity index (χ1v) is 10.2. The molecule has 1 saturated heterocycles. The zero-order valence-electron chi connectivity index (χ0n) is 17.0. The maximum atomic E-state index is 14.6. The Kier molecular flexibility index (Phi) is 4.66. The van der Waals surface area contributed by atoms with Crippen LogP contribution in [0.4, 0.5) is 14.9 Å². The zero-order valence-corrected chi connectivity index (χ0v) is 17.0. The molecule has 7 heteroatoms. The summed E-state index contributed by atoms with van der Waals surface area (Å²) in [6.45, 7) is 2.35. The van der Waals surface area contributed by atoms with Crippen molar-refractivity contribution in [1.29, 1.82) is 5.41 Å². The zero-order chi connectivity index (χ0) is 21.5. The number of amidine groups is 1. The highest BCUT2D eigenvalue weighted by atomic mass is 19.1. The van der Waals surface area contributed by atoms with Crippen LogP contribution in [0.5, 0.6) is 0 Å². The molecule has 0 saturated carbocycles. The number of H-pyrrole nitrogens is 1. The number of anilines is 1. The van der Waals surface area contributed by atoms with Gasteiger partial charge in [0.2, 0.25) is 0 Å². The number of amides is 2. The van der Waals surface area contributed by atoms with Crippen LogP contribution >= 0.6 is 0 Å². The lowest BCUT2D eigenvalue weighted by atomic mass is 9.99. The van der Waals surface area contributed by atoms with Gasteiger partial charge >= 0.3 is 6.03 Å². The van der Waals surface area contributed by atoms with E-state index in [1.54, 1.807) is 24.2 Å². The highest BCUT2D eigenvalue weighted by molar-refractivity contribution is 6.05. The molecular formula is C24H24FN5O. The first-order valence-electron chi connectivity index (χ1n) is 10.2. The fraction of sp³-hybridized carbons (Fsp3) is 0.208. The standard InChI is InChI=1S/C24H22FN5O.H2/c1-14-9-20(25)21(11-19(14)23(26)28-12-16-5-4-8-27-16)29-24(31)30-13-15-10-22(30)18-7-3-2-6-17(15)18;/h2-9,11-12,15,22,26-27H,10,13H2,1H3,(H,29,31);1H. The molecular weight excluding hydrogens is 393 g/mol. The lowest BCUT2D eigenvalue weighted by Crippen LogP contribution is -2.37. The monoisotopic (exact) mass is 417 g/mol. The first kappa shape index (κ1) is 19.2. The summed E-state index contributed by atoms with van der Waals surface area (Å²) in [7, 11) is 0. The van der Waals surface area contributed by atoms with Gasteiger partial charge in [0, 0.05) is 25.6 Å². The maximum absolute atomic E-state index is 14.6. The van der Waals surface area contributed by atoms with Crippen molar-refractivity contribution in [3.63, 3.8) is 0 Å². The van der Waals surface area contributed by atoms with E-state index in [-0.39, 0.29) is 25.0 Å². The summed E-state index contributed by atoms with van der Waals surface area (Å²) < 4.78 is 14.6. The molecule has 3 N–H and O–H groups in total. The predicted octanol–water partition coefficient (Wildman–Crippen LogP) is 5.23. The number of aromatic nitrogens is 1. The van der Waals surface area contributed by atoms with E-state index in [1.165, 1.54) is 23.3 Å². The Hall–Kier alpha value is -3.74. The SMILES string of the molecule is Cc1cc(F)c(NC(=O)N2CC3CC2c2ccccc23)cc1C(=N)N=Cc1ccc[nH]1.[HH]. The van der Waals surface area contributed by atoms with Gasteiger partial charge in [-0.25, -0.2) is 14.2 Å². The third-order valence-electron chi connectivity index (χ3n) is 6.12. The number of fused-ring (bicyclic) bond motifs is 5. The fourth-order valence-electron chi connectivity index (χ4n) is 4.61. The molecule has 5 rings (SSSR count). The Morgan fingerprint density at radius 3 is 2.87 bits per heavy atom. The number of nitrogens with one attached hydrogen (secondary N) is 3.